The Morgan fingerprint density at radius 1 is 1.41 bits per heavy atom. The Balaban J connectivity index is 1.83. The topological polar surface area (TPSA) is 88.8 Å². The zero-order valence-electron chi connectivity index (χ0n) is 14.1. The molecule has 0 saturated heterocycles. The molecular formula is C18H15Cl2NO5S. The number of hydrogen-bond acceptors (Lipinski definition) is 6. The number of rotatable bonds is 7. The lowest BCUT2D eigenvalue weighted by molar-refractivity contribution is -0.144. The Labute approximate surface area is 169 Å². The minimum Gasteiger partial charge on any atom is -0.478 e. The Bertz CT molecular complexity index is 911. The van der Waals surface area contributed by atoms with Crippen LogP contribution >= 0.6 is 35.0 Å². The molecule has 2 heterocycles. The third-order valence-electron chi connectivity index (χ3n) is 3.94. The van der Waals surface area contributed by atoms with E-state index in [9.17, 15) is 9.59 Å². The van der Waals surface area contributed by atoms with E-state index in [2.05, 4.69) is 5.32 Å². The molecule has 6 nitrogen and oxygen atoms in total. The van der Waals surface area contributed by atoms with Gasteiger partial charge in [0, 0.05) is 23.6 Å². The number of furan rings is 1. The number of aliphatic carboxylic acids is 1. The molecule has 2 N–H and O–H groups in total. The van der Waals surface area contributed by atoms with Gasteiger partial charge in [-0.15, -0.1) is 11.8 Å². The number of halogens is 2. The normalized spacial score (nSPS) is 16.0. The molecule has 142 valence electrons. The van der Waals surface area contributed by atoms with Crippen molar-refractivity contribution >= 4 is 46.7 Å². The summed E-state index contributed by atoms with van der Waals surface area (Å²) >= 11 is 13.8. The molecule has 1 aliphatic rings. The molecule has 0 saturated carbocycles. The summed E-state index contributed by atoms with van der Waals surface area (Å²) in [5.74, 6) is -0.494. The first-order valence-electron chi connectivity index (χ1n) is 7.87. The molecule has 9 heteroatoms. The molecule has 1 atom stereocenters. The number of fused-ring (bicyclic) bond motifs is 1. The molecule has 1 aliphatic heterocycles. The van der Waals surface area contributed by atoms with Crippen LogP contribution in [0.4, 0.5) is 0 Å². The molecule has 0 radical (unpaired) electrons. The van der Waals surface area contributed by atoms with E-state index < -0.39 is 12.1 Å². The number of benzene rings is 1. The van der Waals surface area contributed by atoms with E-state index >= 15 is 0 Å². The van der Waals surface area contributed by atoms with Crippen molar-refractivity contribution in [3.05, 3.63) is 62.5 Å². The Kier molecular flexibility index (Phi) is 6.04. The number of thioether (sulfide) groups is 1. The number of ketones is 1. The maximum absolute atomic E-state index is 12.7. The third-order valence-corrected chi connectivity index (χ3v) is 5.50. The van der Waals surface area contributed by atoms with E-state index in [0.717, 1.165) is 5.76 Å². The van der Waals surface area contributed by atoms with Gasteiger partial charge in [-0.2, -0.15) is 0 Å². The van der Waals surface area contributed by atoms with Crippen LogP contribution in [0.5, 0.6) is 5.75 Å². The molecular weight excluding hydrogens is 413 g/mol. The van der Waals surface area contributed by atoms with Crippen LogP contribution in [0.2, 0.25) is 10.0 Å². The second-order valence-electron chi connectivity index (χ2n) is 5.70. The molecule has 3 rings (SSSR count). The van der Waals surface area contributed by atoms with Crippen LogP contribution in [0, 0.1) is 0 Å². The number of ether oxygens (including phenoxy) is 1. The summed E-state index contributed by atoms with van der Waals surface area (Å²) in [7, 11) is 0. The van der Waals surface area contributed by atoms with Crippen molar-refractivity contribution in [2.24, 2.45) is 0 Å². The lowest BCUT2D eigenvalue weighted by Gasteiger charge is -2.10. The van der Waals surface area contributed by atoms with Gasteiger partial charge < -0.3 is 19.6 Å². The van der Waals surface area contributed by atoms with E-state index in [1.54, 1.807) is 12.3 Å². The van der Waals surface area contributed by atoms with Crippen LogP contribution in [-0.4, -0.2) is 29.2 Å². The summed E-state index contributed by atoms with van der Waals surface area (Å²) in [4.78, 5) is 23.9. The Morgan fingerprint density at radius 3 is 2.81 bits per heavy atom. The maximum atomic E-state index is 12.7. The van der Waals surface area contributed by atoms with Crippen LogP contribution in [0.15, 0.2) is 40.0 Å². The van der Waals surface area contributed by atoms with Gasteiger partial charge in [0.1, 0.15) is 16.5 Å². The predicted molar refractivity (Wildman–Crippen MR) is 104 cm³/mol. The van der Waals surface area contributed by atoms with Crippen molar-refractivity contribution in [3.8, 4) is 5.75 Å². The van der Waals surface area contributed by atoms with Gasteiger partial charge in [-0.1, -0.05) is 23.2 Å². The van der Waals surface area contributed by atoms with E-state index in [-0.39, 0.29) is 33.6 Å². The second kappa shape index (κ2) is 8.29. The van der Waals surface area contributed by atoms with E-state index in [4.69, 9.17) is 37.5 Å². The van der Waals surface area contributed by atoms with Gasteiger partial charge in [-0.3, -0.25) is 4.79 Å². The number of hydrogen-bond donors (Lipinski definition) is 2. The summed E-state index contributed by atoms with van der Waals surface area (Å²) in [6.07, 6.45) is 3.91. The van der Waals surface area contributed by atoms with Crippen molar-refractivity contribution < 1.29 is 23.8 Å². The molecule has 1 aromatic heterocycles. The third kappa shape index (κ3) is 4.26. The molecule has 0 spiro atoms. The van der Waals surface area contributed by atoms with Crippen LogP contribution in [0.3, 0.4) is 0 Å². The highest BCUT2D eigenvalue weighted by atomic mass is 35.5. The smallest absolute Gasteiger partial charge is 0.345 e. The van der Waals surface area contributed by atoms with E-state index in [1.807, 2.05) is 12.3 Å². The van der Waals surface area contributed by atoms with Gasteiger partial charge in [0.25, 0.3) is 0 Å². The highest BCUT2D eigenvalue weighted by molar-refractivity contribution is 8.02. The van der Waals surface area contributed by atoms with Gasteiger partial charge >= 0.3 is 5.97 Å². The number of carbonyl (C=O) groups excluding carboxylic acids is 1. The van der Waals surface area contributed by atoms with Crippen molar-refractivity contribution in [2.45, 2.75) is 19.1 Å². The van der Waals surface area contributed by atoms with E-state index in [0.29, 0.717) is 17.1 Å². The summed E-state index contributed by atoms with van der Waals surface area (Å²) in [6.45, 7) is 0.430. The monoisotopic (exact) mass is 427 g/mol. The quantitative estimate of drug-likeness (QED) is 0.506. The molecule has 0 amide bonds. The standard InChI is InChI=1S/C18H15Cl2NO5S/c1-27-14(21-8-10-3-2-4-25-10)7-12(22)11-5-9-6-13(18(23)24)26-17(9)16(20)15(11)19/h2-5,7,13,21H,6,8H2,1H3,(H,23,24). The SMILES string of the molecule is CSC(=CC(=O)c1cc2c(c(Cl)c1Cl)OC(C(=O)O)C2)NCc1ccco1. The average Bonchev–Trinajstić information content (AvgIpc) is 3.30. The van der Waals surface area contributed by atoms with Crippen molar-refractivity contribution in [3.63, 3.8) is 0 Å². The molecule has 1 unspecified atom stereocenters. The number of carbonyl (C=O) groups is 2. The highest BCUT2D eigenvalue weighted by Gasteiger charge is 2.33. The van der Waals surface area contributed by atoms with Crippen LogP contribution in [-0.2, 0) is 17.8 Å². The van der Waals surface area contributed by atoms with Crippen molar-refractivity contribution in [1.29, 1.82) is 0 Å². The zero-order valence-corrected chi connectivity index (χ0v) is 16.5. The largest absolute Gasteiger partial charge is 0.478 e. The fraction of sp³-hybridized carbons (Fsp3) is 0.222. The number of allylic oxidation sites excluding steroid dienone is 1. The highest BCUT2D eigenvalue weighted by Crippen LogP contribution is 2.42. The van der Waals surface area contributed by atoms with Crippen LogP contribution in [0.25, 0.3) is 0 Å². The summed E-state index contributed by atoms with van der Waals surface area (Å²) in [5, 5.41) is 12.9. The first kappa shape index (κ1) is 19.7. The number of carboxylic acid groups (broad SMARTS) is 1. The first-order chi connectivity index (χ1) is 12.9. The van der Waals surface area contributed by atoms with Crippen LogP contribution < -0.4 is 10.1 Å². The Morgan fingerprint density at radius 2 is 2.19 bits per heavy atom. The fourth-order valence-corrected chi connectivity index (χ4v) is 3.55. The summed E-state index contributed by atoms with van der Waals surface area (Å²) in [5.41, 5.74) is 0.740. The first-order valence-corrected chi connectivity index (χ1v) is 9.85. The van der Waals surface area contributed by atoms with Gasteiger partial charge in [0.2, 0.25) is 0 Å². The summed E-state index contributed by atoms with van der Waals surface area (Å²) in [6, 6.07) is 5.14. The molecule has 0 fully saturated rings. The molecule has 0 bridgehead atoms. The van der Waals surface area contributed by atoms with Gasteiger partial charge in [-0.05, 0) is 24.5 Å². The van der Waals surface area contributed by atoms with Crippen molar-refractivity contribution in [1.82, 2.24) is 5.32 Å². The van der Waals surface area contributed by atoms with Gasteiger partial charge in [0.15, 0.2) is 11.9 Å². The predicted octanol–water partition coefficient (Wildman–Crippen LogP) is 4.15. The molecule has 2 aromatic rings. The van der Waals surface area contributed by atoms with Crippen LogP contribution in [0.1, 0.15) is 21.7 Å². The Hall–Kier alpha value is -2.09. The van der Waals surface area contributed by atoms with Gasteiger partial charge in [-0.25, -0.2) is 4.79 Å². The molecule has 0 aliphatic carbocycles. The maximum Gasteiger partial charge on any atom is 0.345 e. The van der Waals surface area contributed by atoms with Crippen molar-refractivity contribution in [2.75, 3.05) is 6.26 Å². The number of nitrogens with one attached hydrogen (secondary N) is 1. The zero-order chi connectivity index (χ0) is 19.6. The minimum atomic E-state index is -1.10. The average molecular weight is 428 g/mol. The number of carboxylic acids is 1. The molecule has 27 heavy (non-hydrogen) atoms. The lowest BCUT2D eigenvalue weighted by Crippen LogP contribution is -2.24. The summed E-state index contributed by atoms with van der Waals surface area (Å²) < 4.78 is 10.6. The lowest BCUT2D eigenvalue weighted by atomic mass is 10.0. The van der Waals surface area contributed by atoms with E-state index in [1.165, 1.54) is 23.9 Å². The van der Waals surface area contributed by atoms with Gasteiger partial charge in [0.05, 0.1) is 22.9 Å². The minimum absolute atomic E-state index is 0.0363. The fourth-order valence-electron chi connectivity index (χ4n) is 2.61. The second-order valence-corrected chi connectivity index (χ2v) is 7.30. The molecule has 1 aromatic carbocycles.